The summed E-state index contributed by atoms with van der Waals surface area (Å²) < 4.78 is 6.88. The van der Waals surface area contributed by atoms with Crippen LogP contribution in [0.25, 0.3) is 21.9 Å². The molecule has 6 rings (SSSR count). The molecule has 0 saturated carbocycles. The second-order valence-electron chi connectivity index (χ2n) is 9.44. The van der Waals surface area contributed by atoms with Gasteiger partial charge in [0.1, 0.15) is 6.04 Å². The molecular formula is C30H27N5O4. The Hall–Kier alpha value is -4.92. The molecule has 2 N–H and O–H groups in total. The molecule has 0 fully saturated rings. The van der Waals surface area contributed by atoms with Crippen LogP contribution < -0.4 is 10.2 Å². The number of amides is 2. The Bertz CT molecular complexity index is 1700. The van der Waals surface area contributed by atoms with Gasteiger partial charge in [-0.15, -0.1) is 0 Å². The number of aromatic nitrogens is 3. The van der Waals surface area contributed by atoms with Crippen molar-refractivity contribution >= 4 is 51.4 Å². The summed E-state index contributed by atoms with van der Waals surface area (Å²) in [6.07, 6.45) is 2.58. The molecule has 0 unspecified atom stereocenters. The zero-order valence-electron chi connectivity index (χ0n) is 21.4. The Morgan fingerprint density at radius 1 is 1.03 bits per heavy atom. The summed E-state index contributed by atoms with van der Waals surface area (Å²) in [5, 5.41) is 3.98. The largest absolute Gasteiger partial charge is 0.462 e. The van der Waals surface area contributed by atoms with E-state index in [-0.39, 0.29) is 24.8 Å². The Morgan fingerprint density at radius 2 is 1.79 bits per heavy atom. The maximum atomic E-state index is 13.7. The average Bonchev–Trinajstić information content (AvgIpc) is 3.60. The molecule has 5 aromatic rings. The van der Waals surface area contributed by atoms with Crippen molar-refractivity contribution in [1.82, 2.24) is 14.5 Å². The number of ether oxygens (including phenoxy) is 1. The topological polar surface area (TPSA) is 109 Å². The first kappa shape index (κ1) is 24.4. The van der Waals surface area contributed by atoms with E-state index in [1.807, 2.05) is 53.2 Å². The predicted molar refractivity (Wildman–Crippen MR) is 149 cm³/mol. The number of nitrogens with one attached hydrogen (secondary N) is 2. The van der Waals surface area contributed by atoms with Crippen LogP contribution in [-0.4, -0.2) is 45.5 Å². The number of benzene rings is 3. The molecule has 1 atom stereocenters. The van der Waals surface area contributed by atoms with Crippen LogP contribution in [0.4, 0.5) is 11.6 Å². The molecule has 0 saturated heterocycles. The molecule has 39 heavy (non-hydrogen) atoms. The first-order valence-electron chi connectivity index (χ1n) is 12.9. The average molecular weight is 522 g/mol. The first-order valence-corrected chi connectivity index (χ1v) is 12.9. The van der Waals surface area contributed by atoms with Gasteiger partial charge in [0.05, 0.1) is 29.6 Å². The van der Waals surface area contributed by atoms with Crippen LogP contribution in [0.3, 0.4) is 0 Å². The fourth-order valence-electron chi connectivity index (χ4n) is 5.17. The van der Waals surface area contributed by atoms with Gasteiger partial charge in [0.2, 0.25) is 11.9 Å². The van der Waals surface area contributed by atoms with Gasteiger partial charge >= 0.3 is 5.97 Å². The molecule has 0 aliphatic carbocycles. The summed E-state index contributed by atoms with van der Waals surface area (Å²) in [5.74, 6) is -0.327. The summed E-state index contributed by atoms with van der Waals surface area (Å²) in [6, 6.07) is 21.5. The zero-order valence-corrected chi connectivity index (χ0v) is 21.4. The Kier molecular flexibility index (Phi) is 6.32. The lowest BCUT2D eigenvalue weighted by Gasteiger charge is -2.16. The van der Waals surface area contributed by atoms with Crippen LogP contribution in [-0.2, 0) is 20.7 Å². The highest BCUT2D eigenvalue weighted by Crippen LogP contribution is 2.37. The number of anilines is 2. The van der Waals surface area contributed by atoms with E-state index >= 15 is 0 Å². The lowest BCUT2D eigenvalue weighted by Crippen LogP contribution is -2.33. The third-order valence-corrected chi connectivity index (χ3v) is 7.02. The van der Waals surface area contributed by atoms with Crippen molar-refractivity contribution in [3.8, 4) is 0 Å². The summed E-state index contributed by atoms with van der Waals surface area (Å²) in [4.78, 5) is 48.4. The van der Waals surface area contributed by atoms with Gasteiger partial charge in [-0.2, -0.15) is 0 Å². The van der Waals surface area contributed by atoms with Gasteiger partial charge in [0.25, 0.3) is 5.91 Å². The van der Waals surface area contributed by atoms with Gasteiger partial charge < -0.3 is 15.0 Å². The van der Waals surface area contributed by atoms with Crippen LogP contribution in [0.5, 0.6) is 0 Å². The van der Waals surface area contributed by atoms with Crippen LogP contribution in [0, 0.1) is 0 Å². The third-order valence-electron chi connectivity index (χ3n) is 7.02. The predicted octanol–water partition coefficient (Wildman–Crippen LogP) is 4.85. The molecule has 3 heterocycles. The Morgan fingerprint density at radius 3 is 2.62 bits per heavy atom. The Balaban J connectivity index is 1.22. The molecule has 2 amide bonds. The third kappa shape index (κ3) is 4.52. The minimum absolute atomic E-state index is 0.0462. The minimum atomic E-state index is -0.714. The molecular weight excluding hydrogens is 494 g/mol. The highest BCUT2D eigenvalue weighted by atomic mass is 16.5. The van der Waals surface area contributed by atoms with Gasteiger partial charge in [-0.1, -0.05) is 30.3 Å². The smallest absolute Gasteiger partial charge is 0.338 e. The summed E-state index contributed by atoms with van der Waals surface area (Å²) in [6.45, 7) is 2.48. The number of hydrogen-bond acceptors (Lipinski definition) is 5. The number of imidazole rings is 1. The van der Waals surface area contributed by atoms with Crippen LogP contribution in [0.2, 0.25) is 0 Å². The molecule has 3 aromatic carbocycles. The van der Waals surface area contributed by atoms with Gasteiger partial charge in [0.15, 0.2) is 0 Å². The monoisotopic (exact) mass is 521 g/mol. The molecule has 1 aliphatic heterocycles. The second-order valence-corrected chi connectivity index (χ2v) is 9.44. The van der Waals surface area contributed by atoms with E-state index < -0.39 is 12.0 Å². The van der Waals surface area contributed by atoms with E-state index in [9.17, 15) is 14.4 Å². The van der Waals surface area contributed by atoms with Crippen LogP contribution in [0.15, 0.2) is 79.0 Å². The number of fused-ring (bicyclic) bond motifs is 4. The number of nitrogens with zero attached hydrogens (tertiary/aromatic N) is 3. The maximum absolute atomic E-state index is 13.7. The molecule has 1 aliphatic rings. The van der Waals surface area contributed by atoms with E-state index in [4.69, 9.17) is 9.72 Å². The number of hydrogen-bond donors (Lipinski definition) is 2. The van der Waals surface area contributed by atoms with E-state index in [0.717, 1.165) is 27.5 Å². The number of carbonyl (C=O) groups is 3. The van der Waals surface area contributed by atoms with E-state index in [1.54, 1.807) is 36.1 Å². The first-order chi connectivity index (χ1) is 19.0. The summed E-state index contributed by atoms with van der Waals surface area (Å²) in [7, 11) is 0. The van der Waals surface area contributed by atoms with Crippen molar-refractivity contribution in [2.45, 2.75) is 25.8 Å². The number of rotatable bonds is 8. The van der Waals surface area contributed by atoms with E-state index in [0.29, 0.717) is 30.2 Å². The van der Waals surface area contributed by atoms with Gasteiger partial charge in [0, 0.05) is 29.3 Å². The standard InChI is InChI=1S/C30H27N5O4/c1-2-39-29(38)19-11-13-21(14-12-19)32-27(36)17-26-28(37)34(30-33-24-9-5-6-10-25(24)35(26)30)16-15-20-18-31-23-8-4-3-7-22(20)23/h3-14,18,26,31H,2,15-17H2,1H3,(H,32,36)/t26-/m1/s1. The highest BCUT2D eigenvalue weighted by molar-refractivity contribution is 6.05. The maximum Gasteiger partial charge on any atom is 0.338 e. The summed E-state index contributed by atoms with van der Waals surface area (Å²) in [5.41, 5.74) is 4.70. The highest BCUT2D eigenvalue weighted by Gasteiger charge is 2.40. The molecule has 2 aromatic heterocycles. The SMILES string of the molecule is CCOC(=O)c1ccc(NC(=O)C[C@@H]2C(=O)N(CCc3c[nH]c4ccccc34)c3nc4ccccc4n32)cc1. The molecule has 9 nitrogen and oxygen atoms in total. The van der Waals surface area contributed by atoms with Crippen molar-refractivity contribution in [3.63, 3.8) is 0 Å². The lowest BCUT2D eigenvalue weighted by molar-refractivity contribution is -0.124. The molecule has 0 spiro atoms. The van der Waals surface area contributed by atoms with Crippen molar-refractivity contribution < 1.29 is 19.1 Å². The molecule has 9 heteroatoms. The second kappa shape index (κ2) is 10.1. The van der Waals surface area contributed by atoms with E-state index in [2.05, 4.69) is 16.4 Å². The molecule has 0 bridgehead atoms. The van der Waals surface area contributed by atoms with Crippen molar-refractivity contribution in [3.05, 3.63) is 90.1 Å². The minimum Gasteiger partial charge on any atom is -0.462 e. The van der Waals surface area contributed by atoms with Crippen molar-refractivity contribution in [1.29, 1.82) is 0 Å². The summed E-state index contributed by atoms with van der Waals surface area (Å²) >= 11 is 0. The molecule has 196 valence electrons. The number of aromatic amines is 1. The number of H-pyrrole nitrogens is 1. The van der Waals surface area contributed by atoms with Crippen LogP contribution >= 0.6 is 0 Å². The quantitative estimate of drug-likeness (QED) is 0.284. The zero-order chi connectivity index (χ0) is 26.9. The van der Waals surface area contributed by atoms with Crippen molar-refractivity contribution in [2.24, 2.45) is 0 Å². The Labute approximate surface area is 224 Å². The van der Waals surface area contributed by atoms with Gasteiger partial charge in [-0.05, 0) is 61.4 Å². The van der Waals surface area contributed by atoms with Gasteiger partial charge in [-0.25, -0.2) is 9.78 Å². The normalized spacial score (nSPS) is 14.6. The van der Waals surface area contributed by atoms with E-state index in [1.165, 1.54) is 0 Å². The number of para-hydroxylation sites is 3. The fourth-order valence-corrected chi connectivity index (χ4v) is 5.17. The lowest BCUT2D eigenvalue weighted by atomic mass is 10.1. The number of carbonyl (C=O) groups excluding carboxylic acids is 3. The number of esters is 1. The van der Waals surface area contributed by atoms with Crippen molar-refractivity contribution in [2.75, 3.05) is 23.4 Å². The molecule has 0 radical (unpaired) electrons. The van der Waals surface area contributed by atoms with Gasteiger partial charge in [-0.3, -0.25) is 19.1 Å². The van der Waals surface area contributed by atoms with Crippen LogP contribution in [0.1, 0.15) is 35.3 Å². The fraction of sp³-hybridized carbons (Fsp3) is 0.200.